The molecule has 0 aliphatic heterocycles. The molecular formula is C18H15BrFNO5. The van der Waals surface area contributed by atoms with Gasteiger partial charge in [-0.2, -0.15) is 0 Å². The lowest BCUT2D eigenvalue weighted by atomic mass is 10.2. The molecule has 0 spiro atoms. The minimum Gasteiger partial charge on any atom is -0.504 e. The van der Waals surface area contributed by atoms with Crippen LogP contribution < -0.4 is 10.1 Å². The lowest BCUT2D eigenvalue weighted by Gasteiger charge is -2.07. The molecule has 0 aliphatic rings. The Kier molecular flexibility index (Phi) is 6.74. The molecule has 6 nitrogen and oxygen atoms in total. The van der Waals surface area contributed by atoms with Crippen molar-refractivity contribution in [3.05, 3.63) is 58.3 Å². The third-order valence-corrected chi connectivity index (χ3v) is 3.66. The van der Waals surface area contributed by atoms with Crippen molar-refractivity contribution < 1.29 is 28.6 Å². The number of hydrogen-bond donors (Lipinski definition) is 2. The summed E-state index contributed by atoms with van der Waals surface area (Å²) in [7, 11) is 1.41. The van der Waals surface area contributed by atoms with E-state index in [2.05, 4.69) is 21.2 Å². The molecule has 0 saturated carbocycles. The van der Waals surface area contributed by atoms with Crippen LogP contribution in [0.15, 0.2) is 46.9 Å². The van der Waals surface area contributed by atoms with E-state index in [-0.39, 0.29) is 17.2 Å². The molecular weight excluding hydrogens is 409 g/mol. The number of esters is 1. The van der Waals surface area contributed by atoms with Crippen molar-refractivity contribution in [3.63, 3.8) is 0 Å². The number of benzene rings is 2. The summed E-state index contributed by atoms with van der Waals surface area (Å²) in [4.78, 5) is 23.4. The van der Waals surface area contributed by atoms with Gasteiger partial charge in [0.05, 0.1) is 12.8 Å². The van der Waals surface area contributed by atoms with Crippen LogP contribution in [0.3, 0.4) is 0 Å². The van der Waals surface area contributed by atoms with Crippen LogP contribution in [-0.2, 0) is 14.3 Å². The third kappa shape index (κ3) is 5.59. The first kappa shape index (κ1) is 19.5. The molecule has 1 amide bonds. The Labute approximate surface area is 157 Å². The highest BCUT2D eigenvalue weighted by Crippen LogP contribution is 2.26. The number of ether oxygens (including phenoxy) is 2. The fraction of sp³-hybridized carbons (Fsp3) is 0.111. The average Bonchev–Trinajstić information content (AvgIpc) is 2.61. The van der Waals surface area contributed by atoms with Crippen LogP contribution in [0.25, 0.3) is 6.08 Å². The largest absolute Gasteiger partial charge is 0.504 e. The van der Waals surface area contributed by atoms with Gasteiger partial charge in [0.25, 0.3) is 5.91 Å². The number of nitrogens with one attached hydrogen (secondary N) is 1. The van der Waals surface area contributed by atoms with Gasteiger partial charge in [-0.05, 0) is 42.0 Å². The molecule has 2 aromatic rings. The van der Waals surface area contributed by atoms with Crippen LogP contribution in [0.4, 0.5) is 10.1 Å². The summed E-state index contributed by atoms with van der Waals surface area (Å²) >= 11 is 3.11. The number of rotatable bonds is 6. The van der Waals surface area contributed by atoms with Gasteiger partial charge in [0.1, 0.15) is 5.82 Å². The van der Waals surface area contributed by atoms with Crippen LogP contribution in [0.2, 0.25) is 0 Å². The molecule has 0 heterocycles. The van der Waals surface area contributed by atoms with Crippen molar-refractivity contribution >= 4 is 39.6 Å². The van der Waals surface area contributed by atoms with E-state index in [1.165, 1.54) is 37.5 Å². The predicted molar refractivity (Wildman–Crippen MR) is 97.4 cm³/mol. The van der Waals surface area contributed by atoms with Gasteiger partial charge in [-0.25, -0.2) is 9.18 Å². The first-order chi connectivity index (χ1) is 12.4. The average molecular weight is 424 g/mol. The fourth-order valence-corrected chi connectivity index (χ4v) is 2.26. The van der Waals surface area contributed by atoms with Crippen LogP contribution in [0.5, 0.6) is 11.5 Å². The van der Waals surface area contributed by atoms with E-state index in [9.17, 15) is 19.1 Å². The Morgan fingerprint density at radius 1 is 1.27 bits per heavy atom. The summed E-state index contributed by atoms with van der Waals surface area (Å²) in [5, 5.41) is 11.8. The molecule has 0 bridgehead atoms. The summed E-state index contributed by atoms with van der Waals surface area (Å²) in [6, 6.07) is 8.68. The van der Waals surface area contributed by atoms with Gasteiger partial charge in [-0.3, -0.25) is 4.79 Å². The van der Waals surface area contributed by atoms with Gasteiger partial charge in [0.2, 0.25) is 0 Å². The van der Waals surface area contributed by atoms with Crippen molar-refractivity contribution in [3.8, 4) is 11.5 Å². The van der Waals surface area contributed by atoms with Crippen molar-refractivity contribution in [1.82, 2.24) is 0 Å². The summed E-state index contributed by atoms with van der Waals surface area (Å²) in [5.74, 6) is -1.79. The highest BCUT2D eigenvalue weighted by atomic mass is 79.9. The van der Waals surface area contributed by atoms with E-state index in [0.717, 1.165) is 6.08 Å². The molecule has 136 valence electrons. The lowest BCUT2D eigenvalue weighted by Crippen LogP contribution is -2.20. The van der Waals surface area contributed by atoms with Gasteiger partial charge in [0, 0.05) is 10.5 Å². The Bertz CT molecular complexity index is 853. The fourth-order valence-electron chi connectivity index (χ4n) is 1.92. The Balaban J connectivity index is 1.87. The summed E-state index contributed by atoms with van der Waals surface area (Å²) < 4.78 is 23.9. The molecule has 0 aliphatic carbocycles. The maximum atomic E-state index is 13.6. The molecule has 0 radical (unpaired) electrons. The Morgan fingerprint density at radius 2 is 2.04 bits per heavy atom. The number of carbonyl (C=O) groups is 2. The molecule has 0 fully saturated rings. The van der Waals surface area contributed by atoms with Crippen LogP contribution in [-0.4, -0.2) is 30.7 Å². The zero-order chi connectivity index (χ0) is 19.1. The Hall–Kier alpha value is -2.87. The second kappa shape index (κ2) is 9.00. The maximum absolute atomic E-state index is 13.6. The van der Waals surface area contributed by atoms with Crippen molar-refractivity contribution in [2.24, 2.45) is 0 Å². The normalized spacial score (nSPS) is 10.6. The number of phenols is 1. The SMILES string of the molecule is COc1cc(/C=C/C(=O)OCC(=O)Nc2ccc(Br)cc2F)ccc1O. The van der Waals surface area contributed by atoms with Crippen molar-refractivity contribution in [2.75, 3.05) is 19.0 Å². The third-order valence-electron chi connectivity index (χ3n) is 3.17. The molecule has 0 saturated heterocycles. The predicted octanol–water partition coefficient (Wildman–Crippen LogP) is 3.50. The highest BCUT2D eigenvalue weighted by Gasteiger charge is 2.09. The van der Waals surface area contributed by atoms with Gasteiger partial charge in [-0.1, -0.05) is 22.0 Å². The molecule has 2 N–H and O–H groups in total. The summed E-state index contributed by atoms with van der Waals surface area (Å²) in [5.41, 5.74) is 0.582. The van der Waals surface area contributed by atoms with E-state index in [1.54, 1.807) is 12.1 Å². The number of carbonyl (C=O) groups excluding carboxylic acids is 2. The number of amides is 1. The van der Waals surface area contributed by atoms with E-state index in [4.69, 9.17) is 9.47 Å². The number of aromatic hydroxyl groups is 1. The van der Waals surface area contributed by atoms with E-state index in [1.807, 2.05) is 0 Å². The quantitative estimate of drug-likeness (QED) is 0.548. The van der Waals surface area contributed by atoms with Gasteiger partial charge in [0.15, 0.2) is 18.1 Å². The van der Waals surface area contributed by atoms with E-state index >= 15 is 0 Å². The first-order valence-electron chi connectivity index (χ1n) is 7.36. The monoisotopic (exact) mass is 423 g/mol. The topological polar surface area (TPSA) is 84.9 Å². The van der Waals surface area contributed by atoms with Crippen LogP contribution >= 0.6 is 15.9 Å². The second-order valence-electron chi connectivity index (χ2n) is 5.04. The van der Waals surface area contributed by atoms with Crippen LogP contribution in [0, 0.1) is 5.82 Å². The van der Waals surface area contributed by atoms with Gasteiger partial charge in [-0.15, -0.1) is 0 Å². The summed E-state index contributed by atoms with van der Waals surface area (Å²) in [6.45, 7) is -0.558. The zero-order valence-corrected chi connectivity index (χ0v) is 15.2. The zero-order valence-electron chi connectivity index (χ0n) is 13.7. The van der Waals surface area contributed by atoms with E-state index < -0.39 is 24.3 Å². The molecule has 0 unspecified atom stereocenters. The minimum absolute atomic E-state index is 0.0130. The highest BCUT2D eigenvalue weighted by molar-refractivity contribution is 9.10. The van der Waals surface area contributed by atoms with Crippen molar-refractivity contribution in [2.45, 2.75) is 0 Å². The lowest BCUT2D eigenvalue weighted by molar-refractivity contribution is -0.142. The van der Waals surface area contributed by atoms with Gasteiger partial charge < -0.3 is 19.9 Å². The first-order valence-corrected chi connectivity index (χ1v) is 8.15. The number of anilines is 1. The number of halogens is 2. The number of methoxy groups -OCH3 is 1. The smallest absolute Gasteiger partial charge is 0.331 e. The van der Waals surface area contributed by atoms with Crippen LogP contribution in [0.1, 0.15) is 5.56 Å². The minimum atomic E-state index is -0.747. The molecule has 8 heteroatoms. The molecule has 0 atom stereocenters. The molecule has 2 rings (SSSR count). The number of hydrogen-bond acceptors (Lipinski definition) is 5. The molecule has 26 heavy (non-hydrogen) atoms. The Morgan fingerprint density at radius 3 is 2.73 bits per heavy atom. The van der Waals surface area contributed by atoms with Gasteiger partial charge >= 0.3 is 5.97 Å². The second-order valence-corrected chi connectivity index (χ2v) is 5.96. The molecule has 0 aromatic heterocycles. The van der Waals surface area contributed by atoms with Crippen molar-refractivity contribution in [1.29, 1.82) is 0 Å². The summed E-state index contributed by atoms with van der Waals surface area (Å²) in [6.07, 6.45) is 2.57. The van der Waals surface area contributed by atoms with E-state index in [0.29, 0.717) is 10.0 Å². The number of phenolic OH excluding ortho intramolecular Hbond substituents is 1. The maximum Gasteiger partial charge on any atom is 0.331 e. The standard InChI is InChI=1S/C18H15BrFNO5/c1-25-16-8-11(2-6-15(16)22)3-7-18(24)26-10-17(23)21-14-5-4-12(19)9-13(14)20/h2-9,22H,10H2,1H3,(H,21,23)/b7-3+. The molecule has 2 aromatic carbocycles.